The van der Waals surface area contributed by atoms with Gasteiger partial charge in [-0.2, -0.15) is 0 Å². The molecule has 0 radical (unpaired) electrons. The zero-order valence-electron chi connectivity index (χ0n) is 15.9. The number of hydrogen-bond donors (Lipinski definition) is 1. The van der Waals surface area contributed by atoms with Crippen LogP contribution in [0.25, 0.3) is 0 Å². The highest BCUT2D eigenvalue weighted by atomic mass is 16.6. The second kappa shape index (κ2) is 8.66. The molecule has 6 heteroatoms. The Kier molecular flexibility index (Phi) is 6.06. The van der Waals surface area contributed by atoms with Crippen molar-refractivity contribution in [2.24, 2.45) is 0 Å². The van der Waals surface area contributed by atoms with E-state index in [-0.39, 0.29) is 11.9 Å². The van der Waals surface area contributed by atoms with Crippen molar-refractivity contribution in [1.82, 2.24) is 5.32 Å². The van der Waals surface area contributed by atoms with Crippen LogP contribution in [0.2, 0.25) is 0 Å². The molecule has 1 N–H and O–H groups in total. The van der Waals surface area contributed by atoms with Crippen LogP contribution in [-0.4, -0.2) is 33.3 Å². The number of rotatable bonds is 7. The molecule has 1 aliphatic rings. The number of amides is 1. The van der Waals surface area contributed by atoms with Crippen molar-refractivity contribution in [2.45, 2.75) is 25.8 Å². The molecular formula is C21H25NO5. The summed E-state index contributed by atoms with van der Waals surface area (Å²) < 4.78 is 21.8. The Morgan fingerprint density at radius 3 is 2.59 bits per heavy atom. The highest BCUT2D eigenvalue weighted by Crippen LogP contribution is 2.31. The van der Waals surface area contributed by atoms with E-state index in [2.05, 4.69) is 5.32 Å². The third-order valence-corrected chi connectivity index (χ3v) is 4.53. The minimum atomic E-state index is -0.192. The van der Waals surface area contributed by atoms with E-state index in [1.54, 1.807) is 14.2 Å². The van der Waals surface area contributed by atoms with Gasteiger partial charge in [0, 0.05) is 12.0 Å². The number of carbonyl (C=O) groups is 1. The lowest BCUT2D eigenvalue weighted by Crippen LogP contribution is -2.27. The maximum atomic E-state index is 12.4. The first-order valence-corrected chi connectivity index (χ1v) is 9.00. The van der Waals surface area contributed by atoms with Crippen molar-refractivity contribution in [3.05, 3.63) is 47.5 Å². The molecule has 1 heterocycles. The summed E-state index contributed by atoms with van der Waals surface area (Å²) in [5.74, 6) is 2.92. The number of fused-ring (bicyclic) bond motifs is 1. The molecule has 144 valence electrons. The Bertz CT molecular complexity index is 805. The molecule has 3 rings (SSSR count). The van der Waals surface area contributed by atoms with Crippen LogP contribution in [0.3, 0.4) is 0 Å². The monoisotopic (exact) mass is 371 g/mol. The smallest absolute Gasteiger partial charge is 0.220 e. The molecule has 6 nitrogen and oxygen atoms in total. The predicted octanol–water partition coefficient (Wildman–Crippen LogP) is 3.29. The van der Waals surface area contributed by atoms with Gasteiger partial charge in [0.15, 0.2) is 11.5 Å². The minimum absolute atomic E-state index is 0.0257. The molecule has 0 fully saturated rings. The molecule has 0 spiro atoms. The Morgan fingerprint density at radius 1 is 1.07 bits per heavy atom. The maximum absolute atomic E-state index is 12.4. The molecule has 0 saturated carbocycles. The number of methoxy groups -OCH3 is 2. The molecule has 0 bridgehead atoms. The van der Waals surface area contributed by atoms with Crippen molar-refractivity contribution >= 4 is 5.91 Å². The summed E-state index contributed by atoms with van der Waals surface area (Å²) in [4.78, 5) is 12.4. The van der Waals surface area contributed by atoms with Crippen LogP contribution in [0.15, 0.2) is 36.4 Å². The SMILES string of the molecule is COc1ccc(OC)c([C@@H](C)NC(=O)CCc2ccc3c(c2)OCCO3)c1. The van der Waals surface area contributed by atoms with Crippen molar-refractivity contribution in [1.29, 1.82) is 0 Å². The average Bonchev–Trinajstić information content (AvgIpc) is 2.71. The standard InChI is InChI=1S/C21H25NO5/c1-14(17-13-16(24-2)6-8-18(17)25-3)22-21(23)9-5-15-4-7-19-20(12-15)27-11-10-26-19/h4,6-8,12-14H,5,9-11H2,1-3H3,(H,22,23)/t14-/m1/s1. The van der Waals surface area contributed by atoms with E-state index < -0.39 is 0 Å². The maximum Gasteiger partial charge on any atom is 0.220 e. The molecule has 0 aromatic heterocycles. The second-order valence-electron chi connectivity index (χ2n) is 6.38. The van der Waals surface area contributed by atoms with E-state index in [1.807, 2.05) is 43.3 Å². The third kappa shape index (κ3) is 4.64. The summed E-state index contributed by atoms with van der Waals surface area (Å²) in [5, 5.41) is 3.02. The number of ether oxygens (including phenoxy) is 4. The van der Waals surface area contributed by atoms with Crippen molar-refractivity contribution < 1.29 is 23.7 Å². The average molecular weight is 371 g/mol. The molecule has 1 aliphatic heterocycles. The summed E-state index contributed by atoms with van der Waals surface area (Å²) in [5.41, 5.74) is 1.92. The van der Waals surface area contributed by atoms with Crippen LogP contribution in [0.4, 0.5) is 0 Å². The van der Waals surface area contributed by atoms with Crippen molar-refractivity contribution in [3.63, 3.8) is 0 Å². The van der Waals surface area contributed by atoms with E-state index in [9.17, 15) is 4.79 Å². The first kappa shape index (κ1) is 18.9. The lowest BCUT2D eigenvalue weighted by atomic mass is 10.1. The Balaban J connectivity index is 1.59. The van der Waals surface area contributed by atoms with E-state index >= 15 is 0 Å². The quantitative estimate of drug-likeness (QED) is 0.809. The lowest BCUT2D eigenvalue weighted by Gasteiger charge is -2.19. The van der Waals surface area contributed by atoms with Crippen molar-refractivity contribution in [2.75, 3.05) is 27.4 Å². The van der Waals surface area contributed by atoms with Gasteiger partial charge in [0.1, 0.15) is 24.7 Å². The van der Waals surface area contributed by atoms with E-state index in [4.69, 9.17) is 18.9 Å². The molecular weight excluding hydrogens is 346 g/mol. The summed E-state index contributed by atoms with van der Waals surface area (Å²) in [6.07, 6.45) is 1.01. The van der Waals surface area contributed by atoms with Crippen LogP contribution in [0.1, 0.15) is 30.5 Å². The Hall–Kier alpha value is -2.89. The zero-order chi connectivity index (χ0) is 19.2. The lowest BCUT2D eigenvalue weighted by molar-refractivity contribution is -0.121. The number of benzene rings is 2. The summed E-state index contributed by atoms with van der Waals surface area (Å²) in [6.45, 7) is 3.05. The molecule has 1 atom stereocenters. The van der Waals surface area contributed by atoms with Crippen LogP contribution in [0.5, 0.6) is 23.0 Å². The van der Waals surface area contributed by atoms with Gasteiger partial charge >= 0.3 is 0 Å². The molecule has 0 saturated heterocycles. The van der Waals surface area contributed by atoms with Crippen molar-refractivity contribution in [3.8, 4) is 23.0 Å². The number of carbonyl (C=O) groups excluding carboxylic acids is 1. The van der Waals surface area contributed by atoms with Crippen LogP contribution >= 0.6 is 0 Å². The van der Waals surface area contributed by atoms with Gasteiger partial charge in [-0.25, -0.2) is 0 Å². The molecule has 0 aliphatic carbocycles. The summed E-state index contributed by atoms with van der Waals surface area (Å²) in [7, 11) is 3.23. The second-order valence-corrected chi connectivity index (χ2v) is 6.38. The normalized spacial score (nSPS) is 13.6. The highest BCUT2D eigenvalue weighted by Gasteiger charge is 2.16. The van der Waals surface area contributed by atoms with Gasteiger partial charge in [-0.3, -0.25) is 4.79 Å². The fourth-order valence-corrected chi connectivity index (χ4v) is 3.07. The fourth-order valence-electron chi connectivity index (χ4n) is 3.07. The van der Waals surface area contributed by atoms with E-state index in [0.717, 1.165) is 34.1 Å². The highest BCUT2D eigenvalue weighted by molar-refractivity contribution is 5.77. The van der Waals surface area contributed by atoms with Gasteiger partial charge in [-0.05, 0) is 49.2 Å². The zero-order valence-corrected chi connectivity index (χ0v) is 15.9. The predicted molar refractivity (Wildman–Crippen MR) is 102 cm³/mol. The largest absolute Gasteiger partial charge is 0.497 e. The Labute approximate surface area is 159 Å². The van der Waals surface area contributed by atoms with E-state index in [1.165, 1.54) is 0 Å². The molecule has 2 aromatic carbocycles. The number of nitrogens with one attached hydrogen (secondary N) is 1. The molecule has 1 amide bonds. The summed E-state index contributed by atoms with van der Waals surface area (Å²) in [6, 6.07) is 11.2. The molecule has 27 heavy (non-hydrogen) atoms. The van der Waals surface area contributed by atoms with Crippen LogP contribution in [0, 0.1) is 0 Å². The van der Waals surface area contributed by atoms with Gasteiger partial charge in [-0.15, -0.1) is 0 Å². The van der Waals surface area contributed by atoms with Crippen LogP contribution in [-0.2, 0) is 11.2 Å². The number of aryl methyl sites for hydroxylation is 1. The third-order valence-electron chi connectivity index (χ3n) is 4.53. The van der Waals surface area contributed by atoms with Gasteiger partial charge < -0.3 is 24.3 Å². The minimum Gasteiger partial charge on any atom is -0.497 e. The van der Waals surface area contributed by atoms with Gasteiger partial charge in [0.2, 0.25) is 5.91 Å². The van der Waals surface area contributed by atoms with Gasteiger partial charge in [0.05, 0.1) is 20.3 Å². The fraction of sp³-hybridized carbons (Fsp3) is 0.381. The van der Waals surface area contributed by atoms with E-state index in [0.29, 0.717) is 26.1 Å². The topological polar surface area (TPSA) is 66.0 Å². The first-order valence-electron chi connectivity index (χ1n) is 9.00. The van der Waals surface area contributed by atoms with Crippen LogP contribution < -0.4 is 24.3 Å². The summed E-state index contributed by atoms with van der Waals surface area (Å²) >= 11 is 0. The number of hydrogen-bond acceptors (Lipinski definition) is 5. The van der Waals surface area contributed by atoms with Gasteiger partial charge in [0.25, 0.3) is 0 Å². The molecule has 2 aromatic rings. The first-order chi connectivity index (χ1) is 13.1. The van der Waals surface area contributed by atoms with Gasteiger partial charge in [-0.1, -0.05) is 6.07 Å². The Morgan fingerprint density at radius 2 is 1.85 bits per heavy atom. The molecule has 0 unspecified atom stereocenters.